The van der Waals surface area contributed by atoms with Crippen LogP contribution in [0.25, 0.3) is 0 Å². The van der Waals surface area contributed by atoms with Gasteiger partial charge in [-0.2, -0.15) is 0 Å². The van der Waals surface area contributed by atoms with E-state index < -0.39 is 11.9 Å². The summed E-state index contributed by atoms with van der Waals surface area (Å²) in [5.74, 6) is -1.90. The Morgan fingerprint density at radius 1 is 0.475 bits per heavy atom. The van der Waals surface area contributed by atoms with Crippen LogP contribution in [0.4, 0.5) is 0 Å². The first kappa shape index (κ1) is 57.8. The van der Waals surface area contributed by atoms with E-state index in [1.165, 1.54) is 49.7 Å². The molecule has 0 aliphatic rings. The van der Waals surface area contributed by atoms with E-state index in [9.17, 15) is 30.0 Å². The summed E-state index contributed by atoms with van der Waals surface area (Å²) in [7, 11) is 0. The van der Waals surface area contributed by atoms with Crippen molar-refractivity contribution in [3.63, 3.8) is 0 Å². The maximum absolute atomic E-state index is 10.4. The summed E-state index contributed by atoms with van der Waals surface area (Å²) in [6, 6.07) is 20.4. The Hall–Kier alpha value is -1.21. The zero-order chi connectivity index (χ0) is 42.3. The maximum atomic E-state index is 10.4. The van der Waals surface area contributed by atoms with Gasteiger partial charge in [0.25, 0.3) is 0 Å². The van der Waals surface area contributed by atoms with Crippen molar-refractivity contribution in [2.45, 2.75) is 231 Å². The van der Waals surface area contributed by atoms with Gasteiger partial charge in [-0.25, -0.2) is 0 Å². The van der Waals surface area contributed by atoms with Crippen LogP contribution in [0.15, 0.2) is 60.7 Å². The van der Waals surface area contributed by atoms with Crippen LogP contribution in [0.2, 0.25) is 0 Å². The minimum atomic E-state index is -0.948. The first-order valence-corrected chi connectivity index (χ1v) is 23.3. The molecule has 332 valence electrons. The summed E-state index contributed by atoms with van der Waals surface area (Å²) in [6.07, 6.45) is 26.7. The van der Waals surface area contributed by atoms with E-state index >= 15 is 0 Å². The van der Waals surface area contributed by atoms with Gasteiger partial charge >= 0.3 is 48.9 Å². The molecule has 2 N–H and O–H groups in total. The second kappa shape index (κ2) is 42.1. The molecule has 8 nitrogen and oxygen atoms in total. The molecule has 0 aliphatic carbocycles. The molecule has 9 heteroatoms. The minimum Gasteiger partial charge on any atom is -0.550 e. The number of carboxylic acids is 2. The van der Waals surface area contributed by atoms with Crippen LogP contribution in [0.1, 0.15) is 205 Å². The molecule has 2 aromatic rings. The predicted octanol–water partition coefficient (Wildman–Crippen LogP) is 9.95. The van der Waals surface area contributed by atoms with Crippen LogP contribution in [0.3, 0.4) is 0 Å². The molecule has 4 atom stereocenters. The largest absolute Gasteiger partial charge is 2.00 e. The predicted molar refractivity (Wildman–Crippen MR) is 238 cm³/mol. The number of hydrogen-bond donors (Lipinski definition) is 2. The van der Waals surface area contributed by atoms with Crippen molar-refractivity contribution in [2.24, 2.45) is 0 Å². The Labute approximate surface area is 400 Å². The van der Waals surface area contributed by atoms with E-state index in [1.54, 1.807) is 0 Å². The second-order valence-corrected chi connectivity index (χ2v) is 16.4. The molecule has 2 aromatic carbocycles. The van der Waals surface area contributed by atoms with Crippen LogP contribution >= 0.6 is 0 Å². The van der Waals surface area contributed by atoms with Gasteiger partial charge in [-0.1, -0.05) is 190 Å². The van der Waals surface area contributed by atoms with Gasteiger partial charge in [-0.3, -0.25) is 0 Å². The van der Waals surface area contributed by atoms with E-state index in [1.807, 2.05) is 36.4 Å². The number of aliphatic carboxylic acids is 2. The Morgan fingerprint density at radius 2 is 0.780 bits per heavy atom. The SMILES string of the molecule is CCCCCCC(O)CC(CCCCCCCCC(=O)[O-])OCc1ccccc1.CCCCCCC(O)CC(CCCCCCCCC(=O)[O-])OCc1ccccc1.[Ba+2]. The summed E-state index contributed by atoms with van der Waals surface area (Å²) in [5, 5.41) is 41.7. The summed E-state index contributed by atoms with van der Waals surface area (Å²) < 4.78 is 12.3. The molecule has 0 saturated carbocycles. The molecule has 0 heterocycles. The van der Waals surface area contributed by atoms with E-state index in [-0.39, 0.29) is 86.1 Å². The molecular weight excluding hydrogens is 866 g/mol. The summed E-state index contributed by atoms with van der Waals surface area (Å²) >= 11 is 0. The Balaban J connectivity index is 0.00000112. The van der Waals surface area contributed by atoms with Gasteiger partial charge in [-0.05, 0) is 75.3 Å². The molecule has 2 rings (SSSR count). The topological polar surface area (TPSA) is 139 Å². The number of benzene rings is 2. The van der Waals surface area contributed by atoms with Crippen molar-refractivity contribution in [3.8, 4) is 0 Å². The average Bonchev–Trinajstić information content (AvgIpc) is 3.21. The summed E-state index contributed by atoms with van der Waals surface area (Å²) in [4.78, 5) is 20.8. The van der Waals surface area contributed by atoms with E-state index in [0.29, 0.717) is 26.1 Å². The standard InChI is InChI=1S/2C25H42O4.Ba/c2*1-2-3-4-12-17-23(26)20-24(29-21-22-15-10-9-11-16-22)18-13-7-5-6-8-14-19-25(27)28;/h2*9-11,15-16,23-24,26H,2-8,12-14,17-21H2,1H3,(H,27,28);/q;;+2/p-2. The van der Waals surface area contributed by atoms with Crippen molar-refractivity contribution in [1.29, 1.82) is 0 Å². The molecule has 0 bridgehead atoms. The zero-order valence-corrected chi connectivity index (χ0v) is 41.8. The maximum Gasteiger partial charge on any atom is 2.00 e. The van der Waals surface area contributed by atoms with Crippen LogP contribution in [-0.2, 0) is 32.3 Å². The third kappa shape index (κ3) is 38.2. The number of unbranched alkanes of at least 4 members (excludes halogenated alkanes) is 16. The smallest absolute Gasteiger partial charge is 0.550 e. The Bertz CT molecular complexity index is 1110. The van der Waals surface area contributed by atoms with Crippen LogP contribution in [0.5, 0.6) is 0 Å². The van der Waals surface area contributed by atoms with Crippen LogP contribution in [-0.4, -0.2) is 95.4 Å². The monoisotopic (exact) mass is 949 g/mol. The van der Waals surface area contributed by atoms with Crippen molar-refractivity contribution < 1.29 is 39.5 Å². The summed E-state index contributed by atoms with van der Waals surface area (Å²) in [6.45, 7) is 5.59. The Morgan fingerprint density at radius 3 is 1.12 bits per heavy atom. The van der Waals surface area contributed by atoms with Gasteiger partial charge in [0.2, 0.25) is 0 Å². The third-order valence-corrected chi connectivity index (χ3v) is 10.8. The van der Waals surface area contributed by atoms with Crippen molar-refractivity contribution >= 4 is 60.8 Å². The fraction of sp³-hybridized carbons (Fsp3) is 0.720. The van der Waals surface area contributed by atoms with E-state index in [0.717, 1.165) is 116 Å². The number of ether oxygens (including phenoxy) is 2. The number of carbonyl (C=O) groups is 2. The van der Waals surface area contributed by atoms with E-state index in [4.69, 9.17) is 9.47 Å². The van der Waals surface area contributed by atoms with Gasteiger partial charge in [0.05, 0.1) is 37.6 Å². The van der Waals surface area contributed by atoms with E-state index in [2.05, 4.69) is 38.1 Å². The molecule has 0 fully saturated rings. The molecule has 0 aliphatic heterocycles. The van der Waals surface area contributed by atoms with Gasteiger partial charge in [0.15, 0.2) is 0 Å². The van der Waals surface area contributed by atoms with Crippen molar-refractivity contribution in [1.82, 2.24) is 0 Å². The fourth-order valence-electron chi connectivity index (χ4n) is 7.27. The van der Waals surface area contributed by atoms with Crippen molar-refractivity contribution in [3.05, 3.63) is 71.8 Å². The van der Waals surface area contributed by atoms with Gasteiger partial charge in [0, 0.05) is 11.9 Å². The van der Waals surface area contributed by atoms with Gasteiger partial charge in [-0.15, -0.1) is 0 Å². The second-order valence-electron chi connectivity index (χ2n) is 16.4. The number of hydrogen-bond acceptors (Lipinski definition) is 8. The minimum absolute atomic E-state index is 0. The number of rotatable bonds is 38. The average molecular weight is 949 g/mol. The number of aliphatic hydroxyl groups excluding tert-OH is 2. The quantitative estimate of drug-likeness (QED) is 0.0501. The first-order valence-electron chi connectivity index (χ1n) is 23.3. The molecule has 0 aromatic heterocycles. The molecule has 59 heavy (non-hydrogen) atoms. The van der Waals surface area contributed by atoms with Crippen molar-refractivity contribution in [2.75, 3.05) is 0 Å². The molecule has 0 saturated heterocycles. The number of aliphatic hydroxyl groups is 2. The van der Waals surface area contributed by atoms with Crippen LogP contribution < -0.4 is 10.2 Å². The molecular formula is C50H82BaO8. The normalized spacial score (nSPS) is 13.1. The molecule has 0 spiro atoms. The number of carboxylic acid groups (broad SMARTS) is 2. The van der Waals surface area contributed by atoms with Gasteiger partial charge < -0.3 is 39.5 Å². The molecule has 0 amide bonds. The first-order chi connectivity index (χ1) is 28.2. The third-order valence-electron chi connectivity index (χ3n) is 10.8. The fourth-order valence-corrected chi connectivity index (χ4v) is 7.27. The molecule has 4 unspecified atom stereocenters. The molecule has 0 radical (unpaired) electrons. The Kier molecular flexibility index (Phi) is 41.2. The zero-order valence-electron chi connectivity index (χ0n) is 37.3. The van der Waals surface area contributed by atoms with Gasteiger partial charge in [0.1, 0.15) is 0 Å². The number of carbonyl (C=O) groups excluding carboxylic acids is 2. The van der Waals surface area contributed by atoms with Crippen LogP contribution in [0, 0.1) is 0 Å². The summed E-state index contributed by atoms with van der Waals surface area (Å²) in [5.41, 5.74) is 2.34.